The largest absolute Gasteiger partial charge is 0.497 e. The number of amides is 1. The molecule has 0 atom stereocenters. The standard InChI is InChI=1S/C19H17N5O5S/c1-28-12-3-4-15(29-2)14(9-12)24-18(27)13(17(26)22-19(24)30)10-21-23-16(25)11-5-7-20-8-6-11/h3-10,27H,1-2H3,(H,23,25)(H,22,26,30)/b21-10+. The van der Waals surface area contributed by atoms with Crippen molar-refractivity contribution in [3.05, 3.63) is 69.0 Å². The number of hydrogen-bond donors (Lipinski definition) is 3. The van der Waals surface area contributed by atoms with Crippen molar-refractivity contribution in [3.8, 4) is 23.1 Å². The molecule has 3 aromatic rings. The normalized spacial score (nSPS) is 10.7. The van der Waals surface area contributed by atoms with Gasteiger partial charge in [0.2, 0.25) is 5.88 Å². The highest BCUT2D eigenvalue weighted by atomic mass is 32.1. The van der Waals surface area contributed by atoms with Crippen molar-refractivity contribution in [2.75, 3.05) is 14.2 Å². The summed E-state index contributed by atoms with van der Waals surface area (Å²) in [6, 6.07) is 7.89. The van der Waals surface area contributed by atoms with E-state index in [0.717, 1.165) is 6.21 Å². The first-order valence-corrected chi connectivity index (χ1v) is 8.91. The summed E-state index contributed by atoms with van der Waals surface area (Å²) in [6.07, 6.45) is 3.94. The van der Waals surface area contributed by atoms with E-state index < -0.39 is 17.3 Å². The fraction of sp³-hybridized carbons (Fsp3) is 0.105. The molecule has 3 rings (SSSR count). The molecule has 0 spiro atoms. The minimum Gasteiger partial charge on any atom is -0.497 e. The van der Waals surface area contributed by atoms with Gasteiger partial charge < -0.3 is 14.6 Å². The number of pyridine rings is 1. The van der Waals surface area contributed by atoms with Crippen LogP contribution >= 0.6 is 12.2 Å². The lowest BCUT2D eigenvalue weighted by Crippen LogP contribution is -2.21. The Morgan fingerprint density at radius 3 is 2.67 bits per heavy atom. The second-order valence-electron chi connectivity index (χ2n) is 5.80. The number of rotatable bonds is 6. The van der Waals surface area contributed by atoms with Crippen molar-refractivity contribution in [3.63, 3.8) is 0 Å². The van der Waals surface area contributed by atoms with E-state index in [4.69, 9.17) is 21.7 Å². The van der Waals surface area contributed by atoms with Crippen LogP contribution in [-0.4, -0.2) is 46.0 Å². The minimum absolute atomic E-state index is 0.0676. The molecule has 0 aliphatic carbocycles. The molecule has 0 bridgehead atoms. The summed E-state index contributed by atoms with van der Waals surface area (Å²) in [5.74, 6) is -0.134. The van der Waals surface area contributed by atoms with E-state index in [2.05, 4.69) is 20.5 Å². The van der Waals surface area contributed by atoms with Gasteiger partial charge in [-0.05, 0) is 36.5 Å². The molecule has 2 aromatic heterocycles. The highest BCUT2D eigenvalue weighted by Gasteiger charge is 2.17. The Kier molecular flexibility index (Phi) is 6.23. The SMILES string of the molecule is COc1ccc(OC)c(-n2c(O)c(/C=N/NC(=O)c3ccncc3)c(=O)[nH]c2=S)c1. The molecule has 0 aliphatic heterocycles. The molecule has 30 heavy (non-hydrogen) atoms. The van der Waals surface area contributed by atoms with E-state index in [1.807, 2.05) is 0 Å². The molecule has 0 unspecified atom stereocenters. The van der Waals surface area contributed by atoms with Gasteiger partial charge in [0.25, 0.3) is 11.5 Å². The average molecular weight is 427 g/mol. The number of aromatic nitrogens is 3. The van der Waals surface area contributed by atoms with Gasteiger partial charge in [-0.1, -0.05) is 0 Å². The van der Waals surface area contributed by atoms with Gasteiger partial charge in [-0.2, -0.15) is 5.10 Å². The summed E-state index contributed by atoms with van der Waals surface area (Å²) in [5, 5.41) is 14.5. The maximum Gasteiger partial charge on any atom is 0.271 e. The summed E-state index contributed by atoms with van der Waals surface area (Å²) in [6.45, 7) is 0. The third kappa shape index (κ3) is 4.20. The van der Waals surface area contributed by atoms with Crippen molar-refractivity contribution in [2.45, 2.75) is 0 Å². The molecular weight excluding hydrogens is 410 g/mol. The summed E-state index contributed by atoms with van der Waals surface area (Å²) < 4.78 is 11.7. The van der Waals surface area contributed by atoms with Crippen molar-refractivity contribution >= 4 is 24.3 Å². The smallest absolute Gasteiger partial charge is 0.271 e. The first-order chi connectivity index (χ1) is 14.5. The lowest BCUT2D eigenvalue weighted by atomic mass is 10.2. The summed E-state index contributed by atoms with van der Waals surface area (Å²) in [7, 11) is 2.94. The number of hydrogen-bond acceptors (Lipinski definition) is 8. The molecular formula is C19H17N5O5S. The van der Waals surface area contributed by atoms with Crippen LogP contribution in [0, 0.1) is 4.77 Å². The van der Waals surface area contributed by atoms with Crippen LogP contribution in [0.3, 0.4) is 0 Å². The fourth-order valence-corrected chi connectivity index (χ4v) is 2.85. The molecule has 0 saturated carbocycles. The molecule has 1 aromatic carbocycles. The van der Waals surface area contributed by atoms with Gasteiger partial charge in [0.05, 0.1) is 26.1 Å². The number of aromatic hydroxyl groups is 1. The third-order valence-corrected chi connectivity index (χ3v) is 4.33. The van der Waals surface area contributed by atoms with Crippen LogP contribution in [0.1, 0.15) is 15.9 Å². The number of H-pyrrole nitrogens is 1. The number of ether oxygens (including phenoxy) is 2. The van der Waals surface area contributed by atoms with Gasteiger partial charge in [0.1, 0.15) is 17.1 Å². The predicted molar refractivity (Wildman–Crippen MR) is 111 cm³/mol. The maximum absolute atomic E-state index is 12.3. The van der Waals surface area contributed by atoms with Crippen LogP contribution in [0.2, 0.25) is 0 Å². The molecule has 1 amide bonds. The molecule has 154 valence electrons. The molecule has 0 fully saturated rings. The van der Waals surface area contributed by atoms with E-state index in [9.17, 15) is 14.7 Å². The van der Waals surface area contributed by atoms with E-state index in [1.165, 1.54) is 43.3 Å². The Bertz CT molecular complexity index is 1220. The molecule has 3 N–H and O–H groups in total. The Morgan fingerprint density at radius 1 is 1.27 bits per heavy atom. The van der Waals surface area contributed by atoms with E-state index in [0.29, 0.717) is 22.7 Å². The van der Waals surface area contributed by atoms with Gasteiger partial charge in [-0.3, -0.25) is 24.1 Å². The first-order valence-electron chi connectivity index (χ1n) is 8.50. The van der Waals surface area contributed by atoms with Crippen LogP contribution < -0.4 is 20.5 Å². The zero-order chi connectivity index (χ0) is 21.7. The second kappa shape index (κ2) is 9.01. The zero-order valence-electron chi connectivity index (χ0n) is 15.9. The van der Waals surface area contributed by atoms with Gasteiger partial charge in [-0.25, -0.2) is 5.43 Å². The number of nitrogens with zero attached hydrogens (tertiary/aromatic N) is 3. The van der Waals surface area contributed by atoms with Crippen molar-refractivity contribution < 1.29 is 19.4 Å². The number of nitrogens with one attached hydrogen (secondary N) is 2. The highest BCUT2D eigenvalue weighted by Crippen LogP contribution is 2.30. The van der Waals surface area contributed by atoms with Crippen LogP contribution in [0.25, 0.3) is 5.69 Å². The number of methoxy groups -OCH3 is 2. The Morgan fingerprint density at radius 2 is 2.00 bits per heavy atom. The van der Waals surface area contributed by atoms with Gasteiger partial charge in [-0.15, -0.1) is 0 Å². The molecule has 0 saturated heterocycles. The van der Waals surface area contributed by atoms with Crippen molar-refractivity contribution in [1.29, 1.82) is 0 Å². The summed E-state index contributed by atoms with van der Waals surface area (Å²) in [5.41, 5.74) is 2.04. The first kappa shape index (κ1) is 20.7. The molecule has 0 radical (unpaired) electrons. The number of benzene rings is 1. The van der Waals surface area contributed by atoms with Crippen molar-refractivity contribution in [1.82, 2.24) is 20.0 Å². The van der Waals surface area contributed by atoms with E-state index >= 15 is 0 Å². The number of hydrazone groups is 1. The van der Waals surface area contributed by atoms with Crippen LogP contribution in [0.15, 0.2) is 52.6 Å². The molecule has 10 nitrogen and oxygen atoms in total. The number of carbonyl (C=O) groups excluding carboxylic acids is 1. The molecule has 0 aliphatic rings. The molecule has 11 heteroatoms. The monoisotopic (exact) mass is 427 g/mol. The van der Waals surface area contributed by atoms with Gasteiger partial charge in [0, 0.05) is 24.0 Å². The number of carbonyl (C=O) groups is 1. The molecule has 2 heterocycles. The quantitative estimate of drug-likeness (QED) is 0.310. The van der Waals surface area contributed by atoms with Gasteiger partial charge in [0.15, 0.2) is 4.77 Å². The Hall–Kier alpha value is -3.99. The predicted octanol–water partition coefficient (Wildman–Crippen LogP) is 1.78. The van der Waals surface area contributed by atoms with E-state index in [1.54, 1.807) is 18.2 Å². The highest BCUT2D eigenvalue weighted by molar-refractivity contribution is 7.71. The van der Waals surface area contributed by atoms with Crippen LogP contribution in [0.4, 0.5) is 0 Å². The topological polar surface area (TPSA) is 131 Å². The Balaban J connectivity index is 2.02. The Labute approximate surface area is 175 Å². The third-order valence-electron chi connectivity index (χ3n) is 4.05. The minimum atomic E-state index is -0.683. The van der Waals surface area contributed by atoms with Crippen molar-refractivity contribution in [2.24, 2.45) is 5.10 Å². The summed E-state index contributed by atoms with van der Waals surface area (Å²) in [4.78, 5) is 30.6. The summed E-state index contributed by atoms with van der Waals surface area (Å²) >= 11 is 5.20. The average Bonchev–Trinajstić information content (AvgIpc) is 2.76. The van der Waals surface area contributed by atoms with Crippen LogP contribution in [-0.2, 0) is 0 Å². The maximum atomic E-state index is 12.3. The lowest BCUT2D eigenvalue weighted by Gasteiger charge is -2.15. The lowest BCUT2D eigenvalue weighted by molar-refractivity contribution is 0.0955. The van der Waals surface area contributed by atoms with E-state index in [-0.39, 0.29) is 10.3 Å². The number of aromatic amines is 1. The van der Waals surface area contributed by atoms with Crippen LogP contribution in [0.5, 0.6) is 17.4 Å². The zero-order valence-corrected chi connectivity index (χ0v) is 16.8. The fourth-order valence-electron chi connectivity index (χ4n) is 2.57. The second-order valence-corrected chi connectivity index (χ2v) is 6.19. The van der Waals surface area contributed by atoms with Gasteiger partial charge >= 0.3 is 0 Å².